The van der Waals surface area contributed by atoms with Crippen LogP contribution in [0.25, 0.3) is 0 Å². The van der Waals surface area contributed by atoms with Crippen LogP contribution in [0.5, 0.6) is 17.2 Å². The van der Waals surface area contributed by atoms with Gasteiger partial charge in [-0.2, -0.15) is 5.10 Å². The molecule has 1 amide bonds. The summed E-state index contributed by atoms with van der Waals surface area (Å²) in [5, 5.41) is 13.8. The normalized spacial score (nSPS) is 11.0. The van der Waals surface area contributed by atoms with E-state index in [-0.39, 0.29) is 18.3 Å². The Balaban J connectivity index is 1.92. The number of rotatable bonds is 8. The van der Waals surface area contributed by atoms with Crippen molar-refractivity contribution in [3.05, 3.63) is 53.1 Å². The van der Waals surface area contributed by atoms with Crippen molar-refractivity contribution in [3.63, 3.8) is 0 Å². The Hall–Kier alpha value is -3.02. The van der Waals surface area contributed by atoms with Gasteiger partial charge in [0.25, 0.3) is 5.91 Å². The number of phenols is 1. The smallest absolute Gasteiger partial charge is 0.277 e. The minimum atomic E-state index is -0.382. The second-order valence-electron chi connectivity index (χ2n) is 6.43. The molecule has 2 rings (SSSR count). The standard InChI is InChI=1S/C21H26N2O4/c1-5-26-17-8-7-16(19(24)11-17)12-22-23-21(25)13-27-20-10-15(4)6-9-18(20)14(2)3/h6-12,14,24H,5,13H2,1-4H3,(H,23,25). The first-order valence-corrected chi connectivity index (χ1v) is 8.91. The molecule has 0 radical (unpaired) electrons. The number of hydrogen-bond acceptors (Lipinski definition) is 5. The van der Waals surface area contributed by atoms with Crippen molar-refractivity contribution in [2.75, 3.05) is 13.2 Å². The predicted molar refractivity (Wildman–Crippen MR) is 106 cm³/mol. The van der Waals surface area contributed by atoms with Crippen molar-refractivity contribution < 1.29 is 19.4 Å². The number of hydrogen-bond donors (Lipinski definition) is 2. The van der Waals surface area contributed by atoms with Crippen molar-refractivity contribution in [1.82, 2.24) is 5.43 Å². The van der Waals surface area contributed by atoms with E-state index in [1.165, 1.54) is 12.3 Å². The molecular weight excluding hydrogens is 344 g/mol. The van der Waals surface area contributed by atoms with Crippen LogP contribution in [0.3, 0.4) is 0 Å². The molecule has 0 saturated heterocycles. The highest BCUT2D eigenvalue weighted by molar-refractivity contribution is 5.85. The zero-order chi connectivity index (χ0) is 19.8. The van der Waals surface area contributed by atoms with Gasteiger partial charge in [-0.15, -0.1) is 0 Å². The Morgan fingerprint density at radius 2 is 2.00 bits per heavy atom. The lowest BCUT2D eigenvalue weighted by Gasteiger charge is -2.14. The summed E-state index contributed by atoms with van der Waals surface area (Å²) in [5.41, 5.74) is 4.99. The van der Waals surface area contributed by atoms with Gasteiger partial charge in [-0.3, -0.25) is 4.79 Å². The Morgan fingerprint density at radius 3 is 2.67 bits per heavy atom. The summed E-state index contributed by atoms with van der Waals surface area (Å²) in [4.78, 5) is 12.0. The summed E-state index contributed by atoms with van der Waals surface area (Å²) < 4.78 is 11.0. The molecule has 27 heavy (non-hydrogen) atoms. The quantitative estimate of drug-likeness (QED) is 0.548. The van der Waals surface area contributed by atoms with E-state index in [0.29, 0.717) is 29.6 Å². The summed E-state index contributed by atoms with van der Waals surface area (Å²) in [6.07, 6.45) is 1.37. The lowest BCUT2D eigenvalue weighted by atomic mass is 10.0. The molecule has 2 aromatic carbocycles. The third-order valence-electron chi connectivity index (χ3n) is 3.86. The summed E-state index contributed by atoms with van der Waals surface area (Å²) in [6.45, 7) is 8.37. The van der Waals surface area contributed by atoms with Gasteiger partial charge < -0.3 is 14.6 Å². The molecular formula is C21H26N2O4. The van der Waals surface area contributed by atoms with Crippen LogP contribution in [0.1, 0.15) is 43.4 Å². The van der Waals surface area contributed by atoms with Crippen molar-refractivity contribution in [2.45, 2.75) is 33.6 Å². The number of carbonyl (C=O) groups excluding carboxylic acids is 1. The zero-order valence-electron chi connectivity index (χ0n) is 16.2. The number of nitrogens with one attached hydrogen (secondary N) is 1. The van der Waals surface area contributed by atoms with E-state index in [0.717, 1.165) is 11.1 Å². The highest BCUT2D eigenvalue weighted by Crippen LogP contribution is 2.27. The number of carbonyl (C=O) groups is 1. The Kier molecular flexibility index (Phi) is 7.23. The van der Waals surface area contributed by atoms with Crippen molar-refractivity contribution in [3.8, 4) is 17.2 Å². The molecule has 0 heterocycles. The largest absolute Gasteiger partial charge is 0.507 e. The average Bonchev–Trinajstić information content (AvgIpc) is 2.62. The molecule has 0 atom stereocenters. The van der Waals surface area contributed by atoms with Crippen LogP contribution in [-0.2, 0) is 4.79 Å². The average molecular weight is 370 g/mol. The molecule has 0 aliphatic carbocycles. The van der Waals surface area contributed by atoms with E-state index in [1.54, 1.807) is 12.1 Å². The molecule has 0 bridgehead atoms. The van der Waals surface area contributed by atoms with Gasteiger partial charge in [0, 0.05) is 11.6 Å². The number of benzene rings is 2. The van der Waals surface area contributed by atoms with Crippen LogP contribution in [0, 0.1) is 6.92 Å². The van der Waals surface area contributed by atoms with Gasteiger partial charge in [0.15, 0.2) is 6.61 Å². The van der Waals surface area contributed by atoms with Gasteiger partial charge >= 0.3 is 0 Å². The van der Waals surface area contributed by atoms with Crippen LogP contribution in [-0.4, -0.2) is 30.4 Å². The van der Waals surface area contributed by atoms with Gasteiger partial charge in [0.05, 0.1) is 12.8 Å². The summed E-state index contributed by atoms with van der Waals surface area (Å²) in [5.74, 6) is 1.21. The molecule has 6 heteroatoms. The monoisotopic (exact) mass is 370 g/mol. The van der Waals surface area contributed by atoms with Crippen LogP contribution in [0.2, 0.25) is 0 Å². The second kappa shape index (κ2) is 9.62. The summed E-state index contributed by atoms with van der Waals surface area (Å²) >= 11 is 0. The molecule has 0 saturated carbocycles. The van der Waals surface area contributed by atoms with E-state index in [2.05, 4.69) is 24.4 Å². The first-order chi connectivity index (χ1) is 12.9. The third-order valence-corrected chi connectivity index (χ3v) is 3.86. The number of ether oxygens (including phenoxy) is 2. The SMILES string of the molecule is CCOc1ccc(C=NNC(=O)COc2cc(C)ccc2C(C)C)c(O)c1. The summed E-state index contributed by atoms with van der Waals surface area (Å²) in [7, 11) is 0. The molecule has 0 aromatic heterocycles. The molecule has 144 valence electrons. The fraction of sp³-hybridized carbons (Fsp3) is 0.333. The van der Waals surface area contributed by atoms with E-state index in [9.17, 15) is 9.90 Å². The number of hydrazone groups is 1. The highest BCUT2D eigenvalue weighted by Gasteiger charge is 2.10. The van der Waals surface area contributed by atoms with Crippen molar-refractivity contribution >= 4 is 12.1 Å². The van der Waals surface area contributed by atoms with Gasteiger partial charge in [0.2, 0.25) is 0 Å². The Bertz CT molecular complexity index is 816. The van der Waals surface area contributed by atoms with Gasteiger partial charge in [0.1, 0.15) is 17.2 Å². The molecule has 2 N–H and O–H groups in total. The maximum absolute atomic E-state index is 12.0. The van der Waals surface area contributed by atoms with E-state index < -0.39 is 0 Å². The molecule has 0 spiro atoms. The number of phenolic OH excluding ortho intramolecular Hbond substituents is 1. The fourth-order valence-corrected chi connectivity index (χ4v) is 2.48. The maximum Gasteiger partial charge on any atom is 0.277 e. The lowest BCUT2D eigenvalue weighted by molar-refractivity contribution is -0.123. The van der Waals surface area contributed by atoms with Crippen molar-refractivity contribution in [2.24, 2.45) is 5.10 Å². The third kappa shape index (κ3) is 6.02. The first-order valence-electron chi connectivity index (χ1n) is 8.91. The number of nitrogens with zero attached hydrogens (tertiary/aromatic N) is 1. The first kappa shape index (κ1) is 20.3. The minimum absolute atomic E-state index is 0.0246. The van der Waals surface area contributed by atoms with Crippen LogP contribution in [0.15, 0.2) is 41.5 Å². The summed E-state index contributed by atoms with van der Waals surface area (Å²) in [6, 6.07) is 10.8. The Labute approximate surface area is 159 Å². The highest BCUT2D eigenvalue weighted by atomic mass is 16.5. The van der Waals surface area contributed by atoms with Crippen molar-refractivity contribution in [1.29, 1.82) is 0 Å². The molecule has 2 aromatic rings. The second-order valence-corrected chi connectivity index (χ2v) is 6.43. The predicted octanol–water partition coefficient (Wildman–Crippen LogP) is 3.75. The van der Waals surface area contributed by atoms with Crippen LogP contribution in [0.4, 0.5) is 0 Å². The number of aryl methyl sites for hydroxylation is 1. The Morgan fingerprint density at radius 1 is 1.22 bits per heavy atom. The minimum Gasteiger partial charge on any atom is -0.507 e. The molecule has 0 aliphatic rings. The number of amides is 1. The van der Waals surface area contributed by atoms with E-state index in [1.807, 2.05) is 32.0 Å². The van der Waals surface area contributed by atoms with E-state index >= 15 is 0 Å². The fourth-order valence-electron chi connectivity index (χ4n) is 2.48. The topological polar surface area (TPSA) is 80.2 Å². The molecule has 6 nitrogen and oxygen atoms in total. The zero-order valence-corrected chi connectivity index (χ0v) is 16.2. The van der Waals surface area contributed by atoms with Crippen LogP contribution >= 0.6 is 0 Å². The van der Waals surface area contributed by atoms with Crippen LogP contribution < -0.4 is 14.9 Å². The van der Waals surface area contributed by atoms with Gasteiger partial charge in [-0.25, -0.2) is 5.43 Å². The molecule has 0 fully saturated rings. The molecule has 0 unspecified atom stereocenters. The lowest BCUT2D eigenvalue weighted by Crippen LogP contribution is -2.25. The van der Waals surface area contributed by atoms with Gasteiger partial charge in [-0.05, 0) is 49.1 Å². The maximum atomic E-state index is 12.0. The molecule has 0 aliphatic heterocycles. The van der Waals surface area contributed by atoms with Gasteiger partial charge in [-0.1, -0.05) is 26.0 Å². The number of aromatic hydroxyl groups is 1. The van der Waals surface area contributed by atoms with E-state index in [4.69, 9.17) is 9.47 Å².